The van der Waals surface area contributed by atoms with Crippen LogP contribution in [0.5, 0.6) is 0 Å². The number of nitrogens with one attached hydrogen (secondary N) is 1. The maximum Gasteiger partial charge on any atom is 0.178 e. The summed E-state index contributed by atoms with van der Waals surface area (Å²) >= 11 is 8.81. The van der Waals surface area contributed by atoms with Crippen LogP contribution < -0.4 is 0 Å². The smallest absolute Gasteiger partial charge is 0.178 e. The van der Waals surface area contributed by atoms with Gasteiger partial charge in [-0.2, -0.15) is 0 Å². The minimum absolute atomic E-state index is 0.776. The van der Waals surface area contributed by atoms with E-state index in [1.807, 2.05) is 6.07 Å². The second kappa shape index (κ2) is 6.50. The molecule has 0 bridgehead atoms. The Bertz CT molecular complexity index is 576. The van der Waals surface area contributed by atoms with Gasteiger partial charge in [0.05, 0.1) is 11.0 Å². The Hall–Kier alpha value is -0.650. The van der Waals surface area contributed by atoms with E-state index >= 15 is 0 Å². The molecule has 0 saturated carbocycles. The summed E-state index contributed by atoms with van der Waals surface area (Å²) in [6, 6.07) is 6.17. The highest BCUT2D eigenvalue weighted by atomic mass is 79.9. The van der Waals surface area contributed by atoms with Crippen molar-refractivity contribution in [3.8, 4) is 0 Å². The molecule has 18 heavy (non-hydrogen) atoms. The molecule has 0 unspecified atom stereocenters. The largest absolute Gasteiger partial charge is 0.381 e. The number of aromatic nitrogens is 2. The van der Waals surface area contributed by atoms with Crippen molar-refractivity contribution in [2.24, 2.45) is 0 Å². The molecule has 0 radical (unpaired) electrons. The molecule has 98 valence electrons. The van der Waals surface area contributed by atoms with Crippen LogP contribution in [0.3, 0.4) is 0 Å². The molecule has 0 aliphatic rings. The number of H-pyrrole nitrogens is 1. The lowest BCUT2D eigenvalue weighted by Crippen LogP contribution is -2.03. The van der Waals surface area contributed by atoms with Gasteiger partial charge in [-0.25, -0.2) is 0 Å². The van der Waals surface area contributed by atoms with Gasteiger partial charge in [-0.05, 0) is 43.3 Å². The lowest BCUT2D eigenvalue weighted by atomic mass is 10.3. The average molecular weight is 329 g/mol. The molecule has 1 aromatic carbocycles. The Morgan fingerprint density at radius 3 is 3.00 bits per heavy atom. The molecular weight excluding hydrogens is 312 g/mol. The topological polar surface area (TPSA) is 29.9 Å². The van der Waals surface area contributed by atoms with Crippen LogP contribution in [0.15, 0.2) is 22.7 Å². The van der Waals surface area contributed by atoms with Crippen molar-refractivity contribution in [2.75, 3.05) is 13.2 Å². The molecule has 1 heterocycles. The van der Waals surface area contributed by atoms with Crippen molar-refractivity contribution in [3.05, 3.63) is 27.4 Å². The average Bonchev–Trinajstić information content (AvgIpc) is 2.64. The summed E-state index contributed by atoms with van der Waals surface area (Å²) in [4.78, 5) is 3.23. The van der Waals surface area contributed by atoms with Crippen LogP contribution in [0.2, 0.25) is 0 Å². The van der Waals surface area contributed by atoms with Crippen molar-refractivity contribution < 1.29 is 4.74 Å². The fourth-order valence-corrected chi connectivity index (χ4v) is 2.59. The first-order valence-electron chi connectivity index (χ1n) is 6.18. The fraction of sp³-hybridized carbons (Fsp3) is 0.462. The van der Waals surface area contributed by atoms with Gasteiger partial charge in [0.2, 0.25) is 0 Å². The van der Waals surface area contributed by atoms with Crippen LogP contribution in [0.25, 0.3) is 11.0 Å². The molecule has 5 heteroatoms. The number of ether oxygens (including phenoxy) is 1. The SMILES string of the molecule is CCCOCCCn1c(=S)[nH]c2cc(Br)ccc21. The molecular formula is C13H17BrN2OS. The number of imidazole rings is 1. The normalized spacial score (nSPS) is 11.2. The van der Waals surface area contributed by atoms with Gasteiger partial charge in [0.25, 0.3) is 0 Å². The zero-order valence-electron chi connectivity index (χ0n) is 10.4. The summed E-state index contributed by atoms with van der Waals surface area (Å²) in [5.74, 6) is 0. The number of halogens is 1. The van der Waals surface area contributed by atoms with E-state index in [4.69, 9.17) is 17.0 Å². The van der Waals surface area contributed by atoms with Gasteiger partial charge in [-0.15, -0.1) is 0 Å². The van der Waals surface area contributed by atoms with Crippen LogP contribution in [-0.2, 0) is 11.3 Å². The monoisotopic (exact) mass is 328 g/mol. The third-order valence-electron chi connectivity index (χ3n) is 2.76. The van der Waals surface area contributed by atoms with Crippen molar-refractivity contribution in [1.29, 1.82) is 0 Å². The summed E-state index contributed by atoms with van der Waals surface area (Å²) in [6.07, 6.45) is 2.05. The molecule has 0 aliphatic carbocycles. The number of nitrogens with zero attached hydrogens (tertiary/aromatic N) is 1. The number of rotatable bonds is 6. The first kappa shape index (κ1) is 13.8. The van der Waals surface area contributed by atoms with E-state index in [1.165, 1.54) is 0 Å². The van der Waals surface area contributed by atoms with Crippen LogP contribution in [0, 0.1) is 4.77 Å². The van der Waals surface area contributed by atoms with Crippen LogP contribution in [0.4, 0.5) is 0 Å². The highest BCUT2D eigenvalue weighted by molar-refractivity contribution is 9.10. The van der Waals surface area contributed by atoms with Crippen molar-refractivity contribution >= 4 is 39.2 Å². The molecule has 0 aliphatic heterocycles. The van der Waals surface area contributed by atoms with Gasteiger partial charge in [-0.3, -0.25) is 0 Å². The Morgan fingerprint density at radius 1 is 1.39 bits per heavy atom. The minimum Gasteiger partial charge on any atom is -0.381 e. The summed E-state index contributed by atoms with van der Waals surface area (Å²) in [6.45, 7) is 4.64. The predicted molar refractivity (Wildman–Crippen MR) is 80.5 cm³/mol. The van der Waals surface area contributed by atoms with Gasteiger partial charge in [0.15, 0.2) is 4.77 Å². The molecule has 2 aromatic rings. The standard InChI is InChI=1S/C13H17BrN2OS/c1-2-7-17-8-3-6-16-12-5-4-10(14)9-11(12)15-13(16)18/h4-5,9H,2-3,6-8H2,1H3,(H,15,18). The van der Waals surface area contributed by atoms with E-state index < -0.39 is 0 Å². The Balaban J connectivity index is 2.08. The summed E-state index contributed by atoms with van der Waals surface area (Å²) in [7, 11) is 0. The number of fused-ring (bicyclic) bond motifs is 1. The Kier molecular flexibility index (Phi) is 4.97. The fourth-order valence-electron chi connectivity index (χ4n) is 1.93. The van der Waals surface area contributed by atoms with Crippen LogP contribution >= 0.6 is 28.1 Å². The van der Waals surface area contributed by atoms with Gasteiger partial charge in [0.1, 0.15) is 0 Å². The van der Waals surface area contributed by atoms with Gasteiger partial charge in [-0.1, -0.05) is 22.9 Å². The van der Waals surface area contributed by atoms with E-state index in [0.717, 1.165) is 52.9 Å². The van der Waals surface area contributed by atoms with E-state index in [-0.39, 0.29) is 0 Å². The van der Waals surface area contributed by atoms with E-state index in [9.17, 15) is 0 Å². The van der Waals surface area contributed by atoms with Gasteiger partial charge in [0, 0.05) is 24.2 Å². The van der Waals surface area contributed by atoms with Crippen molar-refractivity contribution in [1.82, 2.24) is 9.55 Å². The second-order valence-electron chi connectivity index (χ2n) is 4.21. The van der Waals surface area contributed by atoms with E-state index in [1.54, 1.807) is 0 Å². The highest BCUT2D eigenvalue weighted by Crippen LogP contribution is 2.19. The third-order valence-corrected chi connectivity index (χ3v) is 3.57. The lowest BCUT2D eigenvalue weighted by molar-refractivity contribution is 0.129. The highest BCUT2D eigenvalue weighted by Gasteiger charge is 2.04. The summed E-state index contributed by atoms with van der Waals surface area (Å²) < 4.78 is 9.45. The zero-order valence-corrected chi connectivity index (χ0v) is 12.8. The number of benzene rings is 1. The van der Waals surface area contributed by atoms with Crippen LogP contribution in [0.1, 0.15) is 19.8 Å². The van der Waals surface area contributed by atoms with E-state index in [2.05, 4.69) is 44.5 Å². The third kappa shape index (κ3) is 3.22. The molecule has 1 aromatic heterocycles. The number of hydrogen-bond donors (Lipinski definition) is 1. The predicted octanol–water partition coefficient (Wildman–Crippen LogP) is 4.28. The van der Waals surface area contributed by atoms with Gasteiger partial charge < -0.3 is 14.3 Å². The van der Waals surface area contributed by atoms with Crippen molar-refractivity contribution in [2.45, 2.75) is 26.3 Å². The number of hydrogen-bond acceptors (Lipinski definition) is 2. The Morgan fingerprint density at radius 2 is 2.22 bits per heavy atom. The Labute approximate surface area is 120 Å². The molecule has 1 N–H and O–H groups in total. The minimum atomic E-state index is 0.776. The molecule has 2 rings (SSSR count). The summed E-state index contributed by atoms with van der Waals surface area (Å²) in [5, 5.41) is 0. The zero-order chi connectivity index (χ0) is 13.0. The molecule has 0 fully saturated rings. The quantitative estimate of drug-likeness (QED) is 0.633. The molecule has 0 spiro atoms. The number of aryl methyl sites for hydroxylation is 1. The maximum absolute atomic E-state index is 5.49. The second-order valence-corrected chi connectivity index (χ2v) is 5.51. The maximum atomic E-state index is 5.49. The molecule has 0 amide bonds. The molecule has 0 atom stereocenters. The first-order chi connectivity index (χ1) is 8.72. The van der Waals surface area contributed by atoms with Crippen molar-refractivity contribution in [3.63, 3.8) is 0 Å². The molecule has 3 nitrogen and oxygen atoms in total. The number of aromatic amines is 1. The first-order valence-corrected chi connectivity index (χ1v) is 7.38. The lowest BCUT2D eigenvalue weighted by Gasteiger charge is -2.05. The van der Waals surface area contributed by atoms with Gasteiger partial charge >= 0.3 is 0 Å². The summed E-state index contributed by atoms with van der Waals surface area (Å²) in [5.41, 5.74) is 2.22. The van der Waals surface area contributed by atoms with Crippen LogP contribution in [-0.4, -0.2) is 22.8 Å². The van der Waals surface area contributed by atoms with E-state index in [0.29, 0.717) is 0 Å². The molecule has 0 saturated heterocycles.